The van der Waals surface area contributed by atoms with Crippen molar-refractivity contribution in [1.82, 2.24) is 4.98 Å². The van der Waals surface area contributed by atoms with Gasteiger partial charge in [0, 0.05) is 12.6 Å². The van der Waals surface area contributed by atoms with E-state index in [4.69, 9.17) is 0 Å². The van der Waals surface area contributed by atoms with Crippen molar-refractivity contribution in [2.45, 2.75) is 25.7 Å². The second-order valence-electron chi connectivity index (χ2n) is 4.45. The van der Waals surface area contributed by atoms with E-state index < -0.39 is 11.4 Å². The molecule has 0 radical (unpaired) electrons. The van der Waals surface area contributed by atoms with Crippen molar-refractivity contribution in [2.75, 3.05) is 7.11 Å². The summed E-state index contributed by atoms with van der Waals surface area (Å²) in [6, 6.07) is 1.70. The molecule has 4 heteroatoms. The molecule has 0 fully saturated rings. The van der Waals surface area contributed by atoms with Crippen molar-refractivity contribution >= 4 is 11.8 Å². The molecule has 4 nitrogen and oxygen atoms in total. The summed E-state index contributed by atoms with van der Waals surface area (Å²) >= 11 is 0. The number of ketones is 1. The number of pyridine rings is 1. The Kier molecular flexibility index (Phi) is 2.30. The monoisotopic (exact) mass is 219 g/mol. The molecule has 0 amide bonds. The number of fused-ring (bicyclic) bond motifs is 1. The van der Waals surface area contributed by atoms with Crippen LogP contribution in [-0.4, -0.2) is 23.8 Å². The van der Waals surface area contributed by atoms with Gasteiger partial charge in [-0.2, -0.15) is 0 Å². The van der Waals surface area contributed by atoms with Crippen molar-refractivity contribution < 1.29 is 14.3 Å². The van der Waals surface area contributed by atoms with Gasteiger partial charge >= 0.3 is 5.97 Å². The van der Waals surface area contributed by atoms with Crippen LogP contribution in [0.15, 0.2) is 12.3 Å². The molecule has 1 aromatic heterocycles. The molecule has 1 heterocycles. The molecule has 0 atom stereocenters. The number of aromatic nitrogens is 1. The second-order valence-corrected chi connectivity index (χ2v) is 4.45. The van der Waals surface area contributed by atoms with Gasteiger partial charge in [0.15, 0.2) is 0 Å². The standard InChI is InChI=1S/C12H13NO3/c1-12(2)9(14)5-7-4-8(11(15)16-3)6-13-10(7)12/h4,6H,5H2,1-3H3. The SMILES string of the molecule is COC(=O)c1cnc2c(c1)CC(=O)C2(C)C. The van der Waals surface area contributed by atoms with Gasteiger partial charge in [0.25, 0.3) is 0 Å². The normalized spacial score (nSPS) is 17.1. The van der Waals surface area contributed by atoms with Gasteiger partial charge in [-0.05, 0) is 25.5 Å². The van der Waals surface area contributed by atoms with Crippen molar-refractivity contribution in [1.29, 1.82) is 0 Å². The molecule has 16 heavy (non-hydrogen) atoms. The molecule has 84 valence electrons. The fourth-order valence-electron chi connectivity index (χ4n) is 1.96. The lowest BCUT2D eigenvalue weighted by Crippen LogP contribution is -2.24. The Morgan fingerprint density at radius 2 is 2.19 bits per heavy atom. The van der Waals surface area contributed by atoms with E-state index in [1.165, 1.54) is 13.3 Å². The summed E-state index contributed by atoms with van der Waals surface area (Å²) in [7, 11) is 1.32. The Balaban J connectivity index is 2.48. The van der Waals surface area contributed by atoms with Gasteiger partial charge in [0.1, 0.15) is 5.78 Å². The van der Waals surface area contributed by atoms with Gasteiger partial charge in [0.2, 0.25) is 0 Å². The van der Waals surface area contributed by atoms with Gasteiger partial charge in [-0.3, -0.25) is 9.78 Å². The van der Waals surface area contributed by atoms with Gasteiger partial charge < -0.3 is 4.74 Å². The van der Waals surface area contributed by atoms with Gasteiger partial charge in [0.05, 0.1) is 23.8 Å². The van der Waals surface area contributed by atoms with Crippen LogP contribution in [0, 0.1) is 0 Å². The number of Topliss-reactive ketones (excluding diaryl/α,β-unsaturated/α-hetero) is 1. The topological polar surface area (TPSA) is 56.3 Å². The highest BCUT2D eigenvalue weighted by molar-refractivity contribution is 5.96. The third-order valence-electron chi connectivity index (χ3n) is 3.03. The summed E-state index contributed by atoms with van der Waals surface area (Å²) in [4.78, 5) is 27.3. The average Bonchev–Trinajstić information content (AvgIpc) is 2.48. The lowest BCUT2D eigenvalue weighted by atomic mass is 9.89. The summed E-state index contributed by atoms with van der Waals surface area (Å²) in [5, 5.41) is 0. The van der Waals surface area contributed by atoms with Crippen LogP contribution in [0.25, 0.3) is 0 Å². The van der Waals surface area contributed by atoms with Crippen molar-refractivity contribution in [2.24, 2.45) is 0 Å². The predicted molar refractivity (Wildman–Crippen MR) is 57.3 cm³/mol. The van der Waals surface area contributed by atoms with E-state index in [1.54, 1.807) is 6.07 Å². The van der Waals surface area contributed by atoms with Crippen molar-refractivity contribution in [3.8, 4) is 0 Å². The molecule has 0 bridgehead atoms. The number of rotatable bonds is 1. The number of hydrogen-bond acceptors (Lipinski definition) is 4. The third-order valence-corrected chi connectivity index (χ3v) is 3.03. The molecule has 0 aromatic carbocycles. The number of nitrogens with zero attached hydrogens (tertiary/aromatic N) is 1. The molecule has 1 aliphatic rings. The van der Waals surface area contributed by atoms with Crippen LogP contribution in [0.5, 0.6) is 0 Å². The zero-order valence-electron chi connectivity index (χ0n) is 9.53. The first-order chi connectivity index (χ1) is 7.46. The number of ether oxygens (including phenoxy) is 1. The summed E-state index contributed by atoms with van der Waals surface area (Å²) in [6.07, 6.45) is 1.81. The lowest BCUT2D eigenvalue weighted by molar-refractivity contribution is -0.121. The van der Waals surface area contributed by atoms with Crippen LogP contribution in [0.4, 0.5) is 0 Å². The summed E-state index contributed by atoms with van der Waals surface area (Å²) < 4.78 is 4.61. The zero-order valence-corrected chi connectivity index (χ0v) is 9.53. The number of esters is 1. The molecule has 2 rings (SSSR count). The molecule has 0 aliphatic heterocycles. The average molecular weight is 219 g/mol. The van der Waals surface area contributed by atoms with E-state index in [2.05, 4.69) is 9.72 Å². The van der Waals surface area contributed by atoms with Crippen LogP contribution < -0.4 is 0 Å². The first-order valence-electron chi connectivity index (χ1n) is 5.08. The maximum atomic E-state index is 11.7. The van der Waals surface area contributed by atoms with E-state index in [1.807, 2.05) is 13.8 Å². The molecule has 0 unspecified atom stereocenters. The van der Waals surface area contributed by atoms with Crippen LogP contribution in [0.1, 0.15) is 35.5 Å². The van der Waals surface area contributed by atoms with E-state index in [0.717, 1.165) is 11.3 Å². The maximum Gasteiger partial charge on any atom is 0.339 e. The fraction of sp³-hybridized carbons (Fsp3) is 0.417. The number of methoxy groups -OCH3 is 1. The Morgan fingerprint density at radius 3 is 2.81 bits per heavy atom. The minimum absolute atomic E-state index is 0.136. The van der Waals surface area contributed by atoms with E-state index in [-0.39, 0.29) is 5.78 Å². The molecule has 0 spiro atoms. The molecule has 1 aromatic rings. The highest BCUT2D eigenvalue weighted by Crippen LogP contribution is 2.34. The highest BCUT2D eigenvalue weighted by Gasteiger charge is 2.39. The Labute approximate surface area is 93.6 Å². The zero-order chi connectivity index (χ0) is 11.9. The van der Waals surface area contributed by atoms with E-state index in [0.29, 0.717) is 12.0 Å². The van der Waals surface area contributed by atoms with Crippen LogP contribution >= 0.6 is 0 Å². The van der Waals surface area contributed by atoms with E-state index in [9.17, 15) is 9.59 Å². The molecule has 0 N–H and O–H groups in total. The van der Waals surface area contributed by atoms with E-state index >= 15 is 0 Å². The number of carbonyl (C=O) groups is 2. The number of hydrogen-bond donors (Lipinski definition) is 0. The molecular weight excluding hydrogens is 206 g/mol. The lowest BCUT2D eigenvalue weighted by Gasteiger charge is -2.15. The van der Waals surface area contributed by atoms with Gasteiger partial charge in [-0.1, -0.05) is 0 Å². The minimum Gasteiger partial charge on any atom is -0.465 e. The minimum atomic E-state index is -0.538. The van der Waals surface area contributed by atoms with Crippen LogP contribution in [-0.2, 0) is 21.4 Å². The second kappa shape index (κ2) is 3.40. The van der Waals surface area contributed by atoms with Crippen molar-refractivity contribution in [3.05, 3.63) is 29.1 Å². The quantitative estimate of drug-likeness (QED) is 0.667. The molecular formula is C12H13NO3. The first-order valence-corrected chi connectivity index (χ1v) is 5.08. The molecule has 1 aliphatic carbocycles. The van der Waals surface area contributed by atoms with Crippen LogP contribution in [0.3, 0.4) is 0 Å². The highest BCUT2D eigenvalue weighted by atomic mass is 16.5. The summed E-state index contributed by atoms with van der Waals surface area (Å²) in [6.45, 7) is 3.71. The Hall–Kier alpha value is -1.71. The Morgan fingerprint density at radius 1 is 1.50 bits per heavy atom. The summed E-state index contributed by atoms with van der Waals surface area (Å²) in [5.74, 6) is -0.288. The third kappa shape index (κ3) is 1.41. The number of carbonyl (C=O) groups excluding carboxylic acids is 2. The van der Waals surface area contributed by atoms with Gasteiger partial charge in [-0.25, -0.2) is 4.79 Å². The fourth-order valence-corrected chi connectivity index (χ4v) is 1.96. The largest absolute Gasteiger partial charge is 0.465 e. The maximum absolute atomic E-state index is 11.7. The molecule has 0 saturated carbocycles. The molecule has 0 saturated heterocycles. The van der Waals surface area contributed by atoms with Crippen LogP contribution in [0.2, 0.25) is 0 Å². The van der Waals surface area contributed by atoms with Crippen molar-refractivity contribution in [3.63, 3.8) is 0 Å². The predicted octanol–water partition coefficient (Wildman–Crippen LogP) is 1.27. The Bertz CT molecular complexity index is 477. The summed E-state index contributed by atoms with van der Waals surface area (Å²) in [5.41, 5.74) is 1.46. The van der Waals surface area contributed by atoms with Gasteiger partial charge in [-0.15, -0.1) is 0 Å². The smallest absolute Gasteiger partial charge is 0.339 e. The first kappa shape index (κ1) is 10.8.